The Hall–Kier alpha value is -3.68. The highest BCUT2D eigenvalue weighted by Gasteiger charge is 2.36. The van der Waals surface area contributed by atoms with Crippen molar-refractivity contribution in [3.05, 3.63) is 54.4 Å². The van der Waals surface area contributed by atoms with Crippen LogP contribution in [0.3, 0.4) is 0 Å². The normalized spacial score (nSPS) is 16.0. The number of aryl methyl sites for hydroxylation is 1. The van der Waals surface area contributed by atoms with Crippen molar-refractivity contribution in [2.24, 2.45) is 5.10 Å². The van der Waals surface area contributed by atoms with E-state index in [0.717, 1.165) is 5.52 Å². The summed E-state index contributed by atoms with van der Waals surface area (Å²) in [7, 11) is 0. The summed E-state index contributed by atoms with van der Waals surface area (Å²) in [5.74, 6) is -0.239. The minimum atomic E-state index is -0.677. The Morgan fingerprint density at radius 3 is 2.79 bits per heavy atom. The number of para-hydroxylation sites is 1. The molecule has 4 rings (SSSR count). The van der Waals surface area contributed by atoms with Gasteiger partial charge in [-0.05, 0) is 31.2 Å². The number of fused-ring (bicyclic) bond motifs is 1. The van der Waals surface area contributed by atoms with E-state index in [1.165, 1.54) is 0 Å². The maximum atomic E-state index is 13.0. The van der Waals surface area contributed by atoms with Crippen molar-refractivity contribution < 1.29 is 18.7 Å². The molecule has 1 aliphatic heterocycles. The Bertz CT molecular complexity index is 1090. The average molecular weight is 392 g/mol. The van der Waals surface area contributed by atoms with E-state index in [4.69, 9.17) is 9.15 Å². The molecular formula is C21H20N4O4. The molecule has 1 N–H and O–H groups in total. The molecule has 0 bridgehead atoms. The number of aromatic nitrogens is 1. The van der Waals surface area contributed by atoms with Crippen LogP contribution in [0.2, 0.25) is 0 Å². The number of anilines is 2. The Morgan fingerprint density at radius 1 is 1.24 bits per heavy atom. The van der Waals surface area contributed by atoms with Crippen molar-refractivity contribution in [2.45, 2.75) is 26.3 Å². The molecule has 0 saturated carbocycles. The predicted octanol–water partition coefficient (Wildman–Crippen LogP) is 3.27. The average Bonchev–Trinajstić information content (AvgIpc) is 3.32. The van der Waals surface area contributed by atoms with E-state index in [0.29, 0.717) is 22.8 Å². The summed E-state index contributed by atoms with van der Waals surface area (Å²) in [6.07, 6.45) is 0.156. The maximum Gasteiger partial charge on any atom is 0.354 e. The van der Waals surface area contributed by atoms with Crippen LogP contribution in [0.15, 0.2) is 58.0 Å². The third kappa shape index (κ3) is 3.82. The number of benzene rings is 2. The van der Waals surface area contributed by atoms with Crippen molar-refractivity contribution in [1.82, 2.24) is 4.98 Å². The second kappa shape index (κ2) is 7.75. The monoisotopic (exact) mass is 392 g/mol. The Kier molecular flexibility index (Phi) is 4.99. The van der Waals surface area contributed by atoms with Crippen molar-refractivity contribution in [3.63, 3.8) is 0 Å². The number of hydrogen-bond donors (Lipinski definition) is 1. The molecule has 0 fully saturated rings. The molecule has 1 aromatic heterocycles. The van der Waals surface area contributed by atoms with Crippen LogP contribution in [0.5, 0.6) is 0 Å². The minimum Gasteiger partial charge on any atom is -0.461 e. The van der Waals surface area contributed by atoms with Gasteiger partial charge < -0.3 is 14.5 Å². The molecule has 3 aromatic rings. The molecule has 0 saturated heterocycles. The molecule has 2 aromatic carbocycles. The van der Waals surface area contributed by atoms with Crippen molar-refractivity contribution in [1.29, 1.82) is 0 Å². The summed E-state index contributed by atoms with van der Waals surface area (Å²) in [4.78, 5) is 29.5. The second-order valence-electron chi connectivity index (χ2n) is 6.57. The van der Waals surface area contributed by atoms with Crippen LogP contribution in [0, 0.1) is 6.92 Å². The van der Waals surface area contributed by atoms with Gasteiger partial charge in [-0.1, -0.05) is 18.2 Å². The summed E-state index contributed by atoms with van der Waals surface area (Å²) < 4.78 is 10.6. The van der Waals surface area contributed by atoms with Gasteiger partial charge in [0.05, 0.1) is 12.3 Å². The lowest BCUT2D eigenvalue weighted by molar-refractivity contribution is -0.135. The van der Waals surface area contributed by atoms with Gasteiger partial charge in [0.15, 0.2) is 11.5 Å². The third-order valence-corrected chi connectivity index (χ3v) is 4.51. The quantitative estimate of drug-likeness (QED) is 0.670. The van der Waals surface area contributed by atoms with Gasteiger partial charge in [-0.3, -0.25) is 9.80 Å². The van der Waals surface area contributed by atoms with Crippen LogP contribution in [-0.4, -0.2) is 35.2 Å². The number of carbonyl (C=O) groups is 2. The van der Waals surface area contributed by atoms with Crippen LogP contribution in [0.1, 0.15) is 19.2 Å². The lowest BCUT2D eigenvalue weighted by atomic mass is 10.1. The van der Waals surface area contributed by atoms with E-state index in [2.05, 4.69) is 15.4 Å². The first kappa shape index (κ1) is 18.7. The Morgan fingerprint density at radius 2 is 2.03 bits per heavy atom. The molecule has 1 amide bonds. The molecule has 8 nitrogen and oxygen atoms in total. The molecule has 8 heteroatoms. The van der Waals surface area contributed by atoms with Crippen LogP contribution < -0.4 is 10.3 Å². The van der Waals surface area contributed by atoms with Gasteiger partial charge in [-0.25, -0.2) is 9.78 Å². The number of hydrogen-bond acceptors (Lipinski definition) is 7. The van der Waals surface area contributed by atoms with Gasteiger partial charge in [-0.2, -0.15) is 5.10 Å². The number of oxazole rings is 1. The smallest absolute Gasteiger partial charge is 0.354 e. The number of nitrogens with one attached hydrogen (secondary N) is 1. The van der Waals surface area contributed by atoms with Crippen molar-refractivity contribution >= 4 is 40.1 Å². The highest BCUT2D eigenvalue weighted by Crippen LogP contribution is 2.26. The topological polar surface area (TPSA) is 97.0 Å². The SMILES string of the molecule is CCOC(=O)C1=NN(c2ccccc2)C(C(=O)Nc2ccc3nc(C)oc3c2)C1. The van der Waals surface area contributed by atoms with E-state index < -0.39 is 12.0 Å². The molecule has 1 aliphatic rings. The zero-order chi connectivity index (χ0) is 20.4. The molecule has 0 spiro atoms. The van der Waals surface area contributed by atoms with Gasteiger partial charge in [0.1, 0.15) is 17.3 Å². The van der Waals surface area contributed by atoms with Crippen LogP contribution in [0.4, 0.5) is 11.4 Å². The lowest BCUT2D eigenvalue weighted by Gasteiger charge is -2.22. The summed E-state index contributed by atoms with van der Waals surface area (Å²) in [6, 6.07) is 13.8. The zero-order valence-electron chi connectivity index (χ0n) is 16.1. The molecule has 29 heavy (non-hydrogen) atoms. The van der Waals surface area contributed by atoms with Gasteiger partial charge in [0, 0.05) is 25.1 Å². The third-order valence-electron chi connectivity index (χ3n) is 4.51. The molecule has 1 unspecified atom stereocenters. The van der Waals surface area contributed by atoms with Crippen molar-refractivity contribution in [3.8, 4) is 0 Å². The number of esters is 1. The predicted molar refractivity (Wildman–Crippen MR) is 109 cm³/mol. The van der Waals surface area contributed by atoms with Gasteiger partial charge in [-0.15, -0.1) is 0 Å². The highest BCUT2D eigenvalue weighted by atomic mass is 16.5. The lowest BCUT2D eigenvalue weighted by Crippen LogP contribution is -2.38. The number of carbonyl (C=O) groups excluding carboxylic acids is 2. The van der Waals surface area contributed by atoms with Gasteiger partial charge >= 0.3 is 5.97 Å². The molecule has 0 aliphatic carbocycles. The zero-order valence-corrected chi connectivity index (χ0v) is 16.1. The first-order valence-corrected chi connectivity index (χ1v) is 9.32. The van der Waals surface area contributed by atoms with Crippen LogP contribution in [0.25, 0.3) is 11.1 Å². The van der Waals surface area contributed by atoms with E-state index in [9.17, 15) is 9.59 Å². The first-order valence-electron chi connectivity index (χ1n) is 9.32. The standard InChI is InChI=1S/C21H20N4O4/c1-3-28-21(27)17-12-18(25(24-17)15-7-5-4-6-8-15)20(26)23-14-9-10-16-19(11-14)29-13(2)22-16/h4-11,18H,3,12H2,1-2H3,(H,23,26). The molecule has 2 heterocycles. The maximum absolute atomic E-state index is 13.0. The largest absolute Gasteiger partial charge is 0.461 e. The fourth-order valence-corrected chi connectivity index (χ4v) is 3.21. The van der Waals surface area contributed by atoms with Crippen LogP contribution >= 0.6 is 0 Å². The Labute approximate surface area is 167 Å². The van der Waals surface area contributed by atoms with E-state index >= 15 is 0 Å². The molecule has 0 radical (unpaired) electrons. The summed E-state index contributed by atoms with van der Waals surface area (Å²) in [5, 5.41) is 8.80. The van der Waals surface area contributed by atoms with Crippen LogP contribution in [-0.2, 0) is 14.3 Å². The summed E-state index contributed by atoms with van der Waals surface area (Å²) in [6.45, 7) is 3.74. The van der Waals surface area contributed by atoms with E-state index in [1.54, 1.807) is 37.1 Å². The number of ether oxygens (including phenoxy) is 1. The summed E-state index contributed by atoms with van der Waals surface area (Å²) >= 11 is 0. The van der Waals surface area contributed by atoms with Gasteiger partial charge in [0.2, 0.25) is 5.91 Å². The van der Waals surface area contributed by atoms with E-state index in [-0.39, 0.29) is 24.6 Å². The fraction of sp³-hybridized carbons (Fsp3) is 0.238. The molecule has 148 valence electrons. The minimum absolute atomic E-state index is 0.156. The molecular weight excluding hydrogens is 372 g/mol. The first-order chi connectivity index (χ1) is 14.0. The fourth-order valence-electron chi connectivity index (χ4n) is 3.21. The second-order valence-corrected chi connectivity index (χ2v) is 6.57. The van der Waals surface area contributed by atoms with E-state index in [1.807, 2.05) is 30.3 Å². The number of hydrazone groups is 1. The summed E-state index contributed by atoms with van der Waals surface area (Å²) in [5.41, 5.74) is 2.83. The number of rotatable bonds is 5. The van der Waals surface area contributed by atoms with Gasteiger partial charge in [0.25, 0.3) is 0 Å². The Balaban J connectivity index is 1.58. The van der Waals surface area contributed by atoms with Crippen molar-refractivity contribution in [2.75, 3.05) is 16.9 Å². The number of amides is 1. The highest BCUT2D eigenvalue weighted by molar-refractivity contribution is 6.38. The molecule has 1 atom stereocenters. The number of nitrogens with zero attached hydrogens (tertiary/aromatic N) is 3.